The predicted octanol–water partition coefficient (Wildman–Crippen LogP) is 4.38. The molecule has 1 aliphatic rings. The van der Waals surface area contributed by atoms with Gasteiger partial charge in [-0.1, -0.05) is 39.1 Å². The zero-order valence-corrected chi connectivity index (χ0v) is 12.9. The molecule has 0 bridgehead atoms. The summed E-state index contributed by atoms with van der Waals surface area (Å²) < 4.78 is 0. The first-order valence-electron chi connectivity index (χ1n) is 5.95. The molecule has 1 fully saturated rings. The lowest BCUT2D eigenvalue weighted by Crippen LogP contribution is -2.44. The van der Waals surface area contributed by atoms with Crippen molar-refractivity contribution >= 4 is 45.0 Å². The molecule has 1 saturated heterocycles. The Balaban J connectivity index is 2.21. The molecule has 5 heteroatoms. The Morgan fingerprint density at radius 2 is 2.11 bits per heavy atom. The van der Waals surface area contributed by atoms with Crippen LogP contribution in [0, 0.1) is 0 Å². The van der Waals surface area contributed by atoms with Gasteiger partial charge < -0.3 is 4.90 Å². The number of piperidine rings is 1. The van der Waals surface area contributed by atoms with Crippen molar-refractivity contribution < 1.29 is 4.79 Å². The van der Waals surface area contributed by atoms with Crippen molar-refractivity contribution in [3.8, 4) is 0 Å². The quantitative estimate of drug-likeness (QED) is 0.724. The van der Waals surface area contributed by atoms with Crippen LogP contribution in [-0.2, 0) is 0 Å². The highest BCUT2D eigenvalue weighted by Crippen LogP contribution is 2.25. The molecule has 98 valence electrons. The van der Waals surface area contributed by atoms with Crippen LogP contribution >= 0.6 is 39.1 Å². The van der Waals surface area contributed by atoms with E-state index in [0.717, 1.165) is 24.7 Å². The van der Waals surface area contributed by atoms with Gasteiger partial charge in [0.05, 0.1) is 10.0 Å². The smallest absolute Gasteiger partial charge is 0.254 e. The topological polar surface area (TPSA) is 20.3 Å². The van der Waals surface area contributed by atoms with Crippen LogP contribution in [0.25, 0.3) is 0 Å². The number of alkyl halides is 1. The zero-order valence-electron chi connectivity index (χ0n) is 9.83. The summed E-state index contributed by atoms with van der Waals surface area (Å²) in [5.74, 6) is 0.0396. The number of carbonyl (C=O) groups is 1. The Labute approximate surface area is 125 Å². The Hall–Kier alpha value is -0.250. The number of carbonyl (C=O) groups excluding carboxylic acids is 1. The standard InChI is InChI=1S/C13H14BrCl2NO/c14-8-10-3-1-2-6-17(10)13(18)9-4-5-11(15)12(16)7-9/h4-5,7,10H,1-3,6,8H2. The van der Waals surface area contributed by atoms with Crippen LogP contribution < -0.4 is 0 Å². The van der Waals surface area contributed by atoms with Crippen molar-refractivity contribution in [1.29, 1.82) is 0 Å². The fourth-order valence-electron chi connectivity index (χ4n) is 2.22. The van der Waals surface area contributed by atoms with Gasteiger partial charge in [0, 0.05) is 23.5 Å². The SMILES string of the molecule is O=C(c1ccc(Cl)c(Cl)c1)N1CCCCC1CBr. The van der Waals surface area contributed by atoms with Gasteiger partial charge in [0.25, 0.3) is 5.91 Å². The number of hydrogen-bond donors (Lipinski definition) is 0. The van der Waals surface area contributed by atoms with Crippen molar-refractivity contribution in [2.45, 2.75) is 25.3 Å². The monoisotopic (exact) mass is 349 g/mol. The second kappa shape index (κ2) is 6.27. The predicted molar refractivity (Wildman–Crippen MR) is 78.9 cm³/mol. The normalized spacial score (nSPS) is 19.9. The van der Waals surface area contributed by atoms with Gasteiger partial charge in [-0.3, -0.25) is 4.79 Å². The van der Waals surface area contributed by atoms with Crippen LogP contribution in [0.15, 0.2) is 18.2 Å². The highest BCUT2D eigenvalue weighted by molar-refractivity contribution is 9.09. The first kappa shape index (κ1) is 14.2. The summed E-state index contributed by atoms with van der Waals surface area (Å²) in [6.07, 6.45) is 3.30. The molecule has 1 aromatic rings. The molecule has 1 amide bonds. The average Bonchev–Trinajstić information content (AvgIpc) is 2.41. The minimum absolute atomic E-state index is 0.0396. The number of benzene rings is 1. The van der Waals surface area contributed by atoms with E-state index in [0.29, 0.717) is 15.6 Å². The molecule has 1 atom stereocenters. The molecule has 0 aromatic heterocycles. The number of halogens is 3. The van der Waals surface area contributed by atoms with Gasteiger partial charge in [-0.05, 0) is 37.5 Å². The highest BCUT2D eigenvalue weighted by Gasteiger charge is 2.26. The minimum atomic E-state index is 0.0396. The molecule has 18 heavy (non-hydrogen) atoms. The molecule has 1 heterocycles. The van der Waals surface area contributed by atoms with E-state index in [1.165, 1.54) is 6.42 Å². The van der Waals surface area contributed by atoms with Gasteiger partial charge in [0.1, 0.15) is 0 Å². The minimum Gasteiger partial charge on any atom is -0.335 e. The van der Waals surface area contributed by atoms with E-state index >= 15 is 0 Å². The number of nitrogens with zero attached hydrogens (tertiary/aromatic N) is 1. The molecule has 1 aliphatic heterocycles. The molecule has 1 aromatic carbocycles. The molecule has 2 rings (SSSR count). The fraction of sp³-hybridized carbons (Fsp3) is 0.462. The second-order valence-electron chi connectivity index (χ2n) is 4.43. The third-order valence-electron chi connectivity index (χ3n) is 3.23. The Kier molecular flexibility index (Phi) is 4.93. The first-order valence-corrected chi connectivity index (χ1v) is 7.83. The molecule has 0 radical (unpaired) electrons. The summed E-state index contributed by atoms with van der Waals surface area (Å²) in [6, 6.07) is 5.33. The lowest BCUT2D eigenvalue weighted by Gasteiger charge is -2.34. The summed E-state index contributed by atoms with van der Waals surface area (Å²) >= 11 is 15.3. The summed E-state index contributed by atoms with van der Waals surface area (Å²) in [7, 11) is 0. The number of hydrogen-bond acceptors (Lipinski definition) is 1. The Morgan fingerprint density at radius 3 is 2.78 bits per heavy atom. The maximum absolute atomic E-state index is 12.4. The van der Waals surface area contributed by atoms with Gasteiger partial charge in [0.15, 0.2) is 0 Å². The van der Waals surface area contributed by atoms with Crippen LogP contribution in [0.1, 0.15) is 29.6 Å². The van der Waals surface area contributed by atoms with Crippen molar-refractivity contribution in [1.82, 2.24) is 4.90 Å². The maximum atomic E-state index is 12.4. The van der Waals surface area contributed by atoms with E-state index in [9.17, 15) is 4.79 Å². The van der Waals surface area contributed by atoms with Crippen LogP contribution in [0.2, 0.25) is 10.0 Å². The van der Waals surface area contributed by atoms with Crippen LogP contribution in [0.3, 0.4) is 0 Å². The maximum Gasteiger partial charge on any atom is 0.254 e. The summed E-state index contributed by atoms with van der Waals surface area (Å²) in [6.45, 7) is 0.815. The Bertz CT molecular complexity index is 453. The van der Waals surface area contributed by atoms with Gasteiger partial charge >= 0.3 is 0 Å². The summed E-state index contributed by atoms with van der Waals surface area (Å²) in [5, 5.41) is 1.72. The summed E-state index contributed by atoms with van der Waals surface area (Å²) in [4.78, 5) is 14.4. The van der Waals surface area contributed by atoms with E-state index in [1.807, 2.05) is 4.90 Å². The van der Waals surface area contributed by atoms with Gasteiger partial charge in [0.2, 0.25) is 0 Å². The largest absolute Gasteiger partial charge is 0.335 e. The molecular formula is C13H14BrCl2NO. The average molecular weight is 351 g/mol. The van der Waals surface area contributed by atoms with Crippen LogP contribution in [-0.4, -0.2) is 28.7 Å². The third kappa shape index (κ3) is 3.01. The first-order chi connectivity index (χ1) is 8.63. The van der Waals surface area contributed by atoms with E-state index < -0.39 is 0 Å². The summed E-state index contributed by atoms with van der Waals surface area (Å²) in [5.41, 5.74) is 0.609. The van der Waals surface area contributed by atoms with Crippen LogP contribution in [0.4, 0.5) is 0 Å². The number of amides is 1. The second-order valence-corrected chi connectivity index (χ2v) is 5.89. The van der Waals surface area contributed by atoms with E-state index in [4.69, 9.17) is 23.2 Å². The molecule has 2 nitrogen and oxygen atoms in total. The van der Waals surface area contributed by atoms with Gasteiger partial charge in [-0.25, -0.2) is 0 Å². The number of rotatable bonds is 2. The molecule has 0 spiro atoms. The van der Waals surface area contributed by atoms with E-state index in [1.54, 1.807) is 18.2 Å². The molecular weight excluding hydrogens is 337 g/mol. The highest BCUT2D eigenvalue weighted by atomic mass is 79.9. The molecule has 0 aliphatic carbocycles. The molecule has 0 saturated carbocycles. The molecule has 1 unspecified atom stereocenters. The van der Waals surface area contributed by atoms with E-state index in [-0.39, 0.29) is 11.9 Å². The Morgan fingerprint density at radius 1 is 1.33 bits per heavy atom. The third-order valence-corrected chi connectivity index (χ3v) is 4.72. The molecule has 0 N–H and O–H groups in total. The van der Waals surface area contributed by atoms with E-state index in [2.05, 4.69) is 15.9 Å². The lowest BCUT2D eigenvalue weighted by molar-refractivity contribution is 0.0642. The lowest BCUT2D eigenvalue weighted by atomic mass is 10.0. The zero-order chi connectivity index (χ0) is 13.1. The van der Waals surface area contributed by atoms with Crippen molar-refractivity contribution in [2.24, 2.45) is 0 Å². The van der Waals surface area contributed by atoms with Crippen molar-refractivity contribution in [3.63, 3.8) is 0 Å². The van der Waals surface area contributed by atoms with Crippen molar-refractivity contribution in [2.75, 3.05) is 11.9 Å². The van der Waals surface area contributed by atoms with Crippen molar-refractivity contribution in [3.05, 3.63) is 33.8 Å². The fourth-order valence-corrected chi connectivity index (χ4v) is 3.19. The van der Waals surface area contributed by atoms with Gasteiger partial charge in [-0.15, -0.1) is 0 Å². The number of likely N-dealkylation sites (tertiary alicyclic amines) is 1. The van der Waals surface area contributed by atoms with Crippen LogP contribution in [0.5, 0.6) is 0 Å². The van der Waals surface area contributed by atoms with Gasteiger partial charge in [-0.2, -0.15) is 0 Å².